The lowest BCUT2D eigenvalue weighted by molar-refractivity contribution is -0.134. The molecule has 0 radical (unpaired) electrons. The number of benzene rings is 2. The van der Waals surface area contributed by atoms with Crippen molar-refractivity contribution in [1.82, 2.24) is 15.1 Å². The largest absolute Gasteiger partial charge is 0.493 e. The van der Waals surface area contributed by atoms with E-state index < -0.39 is 11.7 Å². The fourth-order valence-corrected chi connectivity index (χ4v) is 7.69. The zero-order valence-electron chi connectivity index (χ0n) is 28.7. The van der Waals surface area contributed by atoms with Gasteiger partial charge in [-0.1, -0.05) is 13.3 Å². The van der Waals surface area contributed by atoms with Crippen LogP contribution in [0.5, 0.6) is 23.0 Å². The molecule has 1 fully saturated rings. The van der Waals surface area contributed by atoms with E-state index in [1.807, 2.05) is 11.0 Å². The second kappa shape index (κ2) is 14.0. The van der Waals surface area contributed by atoms with E-state index in [9.17, 15) is 9.59 Å². The number of piperidine rings is 1. The van der Waals surface area contributed by atoms with Crippen LogP contribution < -0.4 is 24.3 Å². The standard InChI is InChI=1S/C36H51N3O7/c1-9-22-21-38-12-10-23-16-30(42-5)32(44-7)18-26(23)28(38)14-25(22)15-29-27-19-33(45-8)31(43-6)17-24(27)11-13-39(29)34(40)20-37-35(41)46-36(2,3)4/h16-19,22,25,28-29H,9-15,20-21H2,1-8H3,(H,37,41)/t22-,25+,28-,29+/m0/s1. The number of hydrogen-bond acceptors (Lipinski definition) is 8. The first kappa shape index (κ1) is 33.7. The van der Waals surface area contributed by atoms with E-state index in [1.165, 1.54) is 11.1 Å². The first-order chi connectivity index (χ1) is 22.0. The van der Waals surface area contributed by atoms with Crippen molar-refractivity contribution in [3.63, 3.8) is 0 Å². The van der Waals surface area contributed by atoms with Crippen LogP contribution in [0.4, 0.5) is 4.79 Å². The number of alkyl carbamates (subject to hydrolysis) is 1. The summed E-state index contributed by atoms with van der Waals surface area (Å²) in [6, 6.07) is 8.50. The molecule has 0 aromatic heterocycles. The van der Waals surface area contributed by atoms with Crippen molar-refractivity contribution in [2.24, 2.45) is 11.8 Å². The second-order valence-corrected chi connectivity index (χ2v) is 13.7. The Morgan fingerprint density at radius 3 is 1.98 bits per heavy atom. The van der Waals surface area contributed by atoms with Gasteiger partial charge in [-0.25, -0.2) is 4.79 Å². The molecule has 46 heavy (non-hydrogen) atoms. The van der Waals surface area contributed by atoms with E-state index in [1.54, 1.807) is 49.2 Å². The summed E-state index contributed by atoms with van der Waals surface area (Å²) in [4.78, 5) is 30.9. The first-order valence-electron chi connectivity index (χ1n) is 16.5. The fourth-order valence-electron chi connectivity index (χ4n) is 7.69. The first-order valence-corrected chi connectivity index (χ1v) is 16.5. The van der Waals surface area contributed by atoms with Gasteiger partial charge in [0.25, 0.3) is 0 Å². The molecule has 1 N–H and O–H groups in total. The normalized spacial score (nSPS) is 22.6. The van der Waals surface area contributed by atoms with Crippen LogP contribution >= 0.6 is 0 Å². The van der Waals surface area contributed by atoms with Gasteiger partial charge in [-0.15, -0.1) is 0 Å². The van der Waals surface area contributed by atoms with Gasteiger partial charge in [0.15, 0.2) is 23.0 Å². The molecule has 0 saturated carbocycles. The van der Waals surface area contributed by atoms with Gasteiger partial charge in [0.2, 0.25) is 5.91 Å². The summed E-state index contributed by atoms with van der Waals surface area (Å²) in [6.45, 7) is 10.2. The molecule has 2 aromatic carbocycles. The van der Waals surface area contributed by atoms with Gasteiger partial charge in [0.05, 0.1) is 34.5 Å². The highest BCUT2D eigenvalue weighted by molar-refractivity contribution is 5.83. The topological polar surface area (TPSA) is 98.8 Å². The summed E-state index contributed by atoms with van der Waals surface area (Å²) in [6.07, 6.45) is 3.94. The van der Waals surface area contributed by atoms with Gasteiger partial charge >= 0.3 is 6.09 Å². The number of nitrogens with zero attached hydrogens (tertiary/aromatic N) is 2. The van der Waals surface area contributed by atoms with E-state index in [-0.39, 0.29) is 24.5 Å². The van der Waals surface area contributed by atoms with Crippen LogP contribution in [-0.4, -0.2) is 82.0 Å². The molecule has 4 atom stereocenters. The molecule has 3 heterocycles. The molecular formula is C36H51N3O7. The Balaban J connectivity index is 1.46. The Kier molecular flexibility index (Phi) is 10.2. The van der Waals surface area contributed by atoms with Crippen molar-refractivity contribution in [1.29, 1.82) is 0 Å². The van der Waals surface area contributed by atoms with Crippen LogP contribution in [0, 0.1) is 11.8 Å². The molecule has 1 saturated heterocycles. The minimum Gasteiger partial charge on any atom is -0.493 e. The lowest BCUT2D eigenvalue weighted by Crippen LogP contribution is -2.49. The van der Waals surface area contributed by atoms with Gasteiger partial charge in [-0.05, 0) is 105 Å². The predicted molar refractivity (Wildman–Crippen MR) is 176 cm³/mol. The van der Waals surface area contributed by atoms with Crippen molar-refractivity contribution < 1.29 is 33.3 Å². The molecule has 5 rings (SSSR count). The summed E-state index contributed by atoms with van der Waals surface area (Å²) in [5, 5.41) is 2.69. The summed E-state index contributed by atoms with van der Waals surface area (Å²) >= 11 is 0. The number of carbonyl (C=O) groups excluding carboxylic acids is 2. The predicted octanol–water partition coefficient (Wildman–Crippen LogP) is 5.71. The molecule has 0 bridgehead atoms. The van der Waals surface area contributed by atoms with E-state index in [2.05, 4.69) is 35.3 Å². The molecule has 3 aliphatic heterocycles. The maximum atomic E-state index is 13.8. The van der Waals surface area contributed by atoms with Gasteiger partial charge in [0.1, 0.15) is 12.1 Å². The van der Waals surface area contributed by atoms with E-state index >= 15 is 0 Å². The highest BCUT2D eigenvalue weighted by atomic mass is 16.6. The highest BCUT2D eigenvalue weighted by Crippen LogP contribution is 2.49. The van der Waals surface area contributed by atoms with Crippen LogP contribution in [0.15, 0.2) is 24.3 Å². The smallest absolute Gasteiger partial charge is 0.408 e. The van der Waals surface area contributed by atoms with Gasteiger partial charge in [-0.2, -0.15) is 0 Å². The number of rotatable bonds is 9. The van der Waals surface area contributed by atoms with Crippen molar-refractivity contribution in [3.8, 4) is 23.0 Å². The average molecular weight is 638 g/mol. The van der Waals surface area contributed by atoms with Crippen LogP contribution in [0.25, 0.3) is 0 Å². The summed E-state index contributed by atoms with van der Waals surface area (Å²) < 4.78 is 28.1. The van der Waals surface area contributed by atoms with Crippen LogP contribution in [0.2, 0.25) is 0 Å². The van der Waals surface area contributed by atoms with E-state index in [4.69, 9.17) is 23.7 Å². The molecule has 252 valence electrons. The SMILES string of the molecule is CC[C@H]1CN2CCc3cc(OC)c(OC)cc3[C@@H]2C[C@@H]1C[C@@H]1c2cc(OC)c(OC)cc2CCN1C(=O)CNC(=O)OC(C)(C)C. The Morgan fingerprint density at radius 1 is 0.826 bits per heavy atom. The number of nitrogens with one attached hydrogen (secondary N) is 1. The van der Waals surface area contributed by atoms with Crippen LogP contribution in [-0.2, 0) is 22.4 Å². The summed E-state index contributed by atoms with van der Waals surface area (Å²) in [7, 11) is 6.66. The third-order valence-electron chi connectivity index (χ3n) is 9.93. The zero-order valence-corrected chi connectivity index (χ0v) is 28.7. The lowest BCUT2D eigenvalue weighted by Gasteiger charge is -2.49. The Labute approximate surface area is 273 Å². The average Bonchev–Trinajstić information content (AvgIpc) is 3.04. The fraction of sp³-hybridized carbons (Fsp3) is 0.611. The summed E-state index contributed by atoms with van der Waals surface area (Å²) in [5.41, 5.74) is 4.23. The lowest BCUT2D eigenvalue weighted by atomic mass is 9.72. The maximum Gasteiger partial charge on any atom is 0.408 e. The van der Waals surface area contributed by atoms with Crippen molar-refractivity contribution in [2.75, 3.05) is 54.6 Å². The van der Waals surface area contributed by atoms with Crippen LogP contribution in [0.1, 0.15) is 81.3 Å². The van der Waals surface area contributed by atoms with Crippen molar-refractivity contribution >= 4 is 12.0 Å². The second-order valence-electron chi connectivity index (χ2n) is 13.7. The van der Waals surface area contributed by atoms with Gasteiger partial charge in [-0.3, -0.25) is 9.69 Å². The molecule has 0 unspecified atom stereocenters. The molecular weight excluding hydrogens is 586 g/mol. The van der Waals surface area contributed by atoms with Crippen LogP contribution in [0.3, 0.4) is 0 Å². The monoisotopic (exact) mass is 637 g/mol. The minimum atomic E-state index is -0.647. The van der Waals surface area contributed by atoms with Gasteiger partial charge in [0, 0.05) is 25.7 Å². The molecule has 2 aromatic rings. The third kappa shape index (κ3) is 7.01. The van der Waals surface area contributed by atoms with E-state index in [0.29, 0.717) is 36.3 Å². The number of carbonyl (C=O) groups is 2. The molecule has 0 aliphatic carbocycles. The molecule has 2 amide bonds. The van der Waals surface area contributed by atoms with Crippen molar-refractivity contribution in [2.45, 2.75) is 77.5 Å². The molecule has 10 heteroatoms. The number of hydrogen-bond donors (Lipinski definition) is 1. The minimum absolute atomic E-state index is 0.123. The Hall–Kier alpha value is -3.66. The molecule has 10 nitrogen and oxygen atoms in total. The number of amides is 2. The quantitative estimate of drug-likeness (QED) is 0.374. The number of ether oxygens (including phenoxy) is 5. The molecule has 0 spiro atoms. The number of fused-ring (bicyclic) bond motifs is 4. The third-order valence-corrected chi connectivity index (χ3v) is 9.93. The molecule has 3 aliphatic rings. The number of methoxy groups -OCH3 is 4. The zero-order chi connectivity index (χ0) is 33.2. The Morgan fingerprint density at radius 2 is 1.39 bits per heavy atom. The van der Waals surface area contributed by atoms with Gasteiger partial charge < -0.3 is 33.9 Å². The highest BCUT2D eigenvalue weighted by Gasteiger charge is 2.42. The Bertz CT molecular complexity index is 1420. The maximum absolute atomic E-state index is 13.8. The summed E-state index contributed by atoms with van der Waals surface area (Å²) in [5.74, 6) is 3.59. The van der Waals surface area contributed by atoms with E-state index in [0.717, 1.165) is 61.4 Å². The van der Waals surface area contributed by atoms with Crippen molar-refractivity contribution in [3.05, 3.63) is 46.5 Å².